The first-order valence-electron chi connectivity index (χ1n) is 7.71. The van der Waals surface area contributed by atoms with Gasteiger partial charge in [0.05, 0.1) is 18.9 Å². The van der Waals surface area contributed by atoms with Crippen molar-refractivity contribution in [2.45, 2.75) is 59.2 Å². The summed E-state index contributed by atoms with van der Waals surface area (Å²) in [6, 6.07) is 0.557. The molecule has 6 heteroatoms. The highest BCUT2D eigenvalue weighted by atomic mass is 16.2. The van der Waals surface area contributed by atoms with Gasteiger partial charge in [-0.2, -0.15) is 0 Å². The molecule has 114 valence electrons. The molecular formula is C15H23N5O. The number of hydrogen-bond acceptors (Lipinski definition) is 3. The Morgan fingerprint density at radius 1 is 1.29 bits per heavy atom. The highest BCUT2D eigenvalue weighted by Gasteiger charge is 2.43. The number of rotatable bonds is 3. The molecule has 3 rings (SSSR count). The number of anilines is 1. The molecule has 0 aromatic carbocycles. The zero-order chi connectivity index (χ0) is 15.3. The Hall–Kier alpha value is -1.85. The van der Waals surface area contributed by atoms with E-state index in [1.54, 1.807) is 4.90 Å². The predicted octanol–water partition coefficient (Wildman–Crippen LogP) is 2.65. The van der Waals surface area contributed by atoms with Gasteiger partial charge in [0.15, 0.2) is 5.84 Å². The molecule has 3 heterocycles. The lowest BCUT2D eigenvalue weighted by Crippen LogP contribution is -2.53. The van der Waals surface area contributed by atoms with E-state index in [1.807, 2.05) is 25.1 Å². The predicted molar refractivity (Wildman–Crippen MR) is 82.9 cm³/mol. The summed E-state index contributed by atoms with van der Waals surface area (Å²) in [4.78, 5) is 25.8. The number of fused-ring (bicyclic) bond motifs is 3. The zero-order valence-corrected chi connectivity index (χ0v) is 13.4. The number of carbonyl (C=O) groups excluding carboxylic acids is 1. The number of nitrogens with zero attached hydrogens (tertiary/aromatic N) is 5. The van der Waals surface area contributed by atoms with Crippen LogP contribution in [0, 0.1) is 0 Å². The Morgan fingerprint density at radius 3 is 2.57 bits per heavy atom. The molecule has 6 nitrogen and oxygen atoms in total. The van der Waals surface area contributed by atoms with Crippen molar-refractivity contribution >= 4 is 17.7 Å². The summed E-state index contributed by atoms with van der Waals surface area (Å²) < 4.78 is 2.06. The van der Waals surface area contributed by atoms with Crippen LogP contribution in [-0.2, 0) is 0 Å². The van der Waals surface area contributed by atoms with Crippen LogP contribution in [0.5, 0.6) is 0 Å². The van der Waals surface area contributed by atoms with Crippen molar-refractivity contribution in [3.8, 4) is 0 Å². The van der Waals surface area contributed by atoms with Crippen LogP contribution in [0.3, 0.4) is 0 Å². The summed E-state index contributed by atoms with van der Waals surface area (Å²) in [5.41, 5.74) is 0.841. The third-order valence-corrected chi connectivity index (χ3v) is 4.14. The summed E-state index contributed by atoms with van der Waals surface area (Å²) in [5, 5.41) is 0. The first-order chi connectivity index (χ1) is 9.95. The second-order valence-electron chi connectivity index (χ2n) is 6.29. The fourth-order valence-electron chi connectivity index (χ4n) is 2.97. The van der Waals surface area contributed by atoms with Crippen LogP contribution in [0.4, 0.5) is 10.6 Å². The molecule has 0 aliphatic carbocycles. The SMILES string of the molecule is CC[C@@H]1CN2C(=O)N(C(C)C)c3c(ncn3C(C)C)C2=N1. The van der Waals surface area contributed by atoms with Crippen molar-refractivity contribution in [3.05, 3.63) is 12.0 Å². The van der Waals surface area contributed by atoms with Crippen molar-refractivity contribution < 1.29 is 4.79 Å². The fraction of sp³-hybridized carbons (Fsp3) is 0.667. The van der Waals surface area contributed by atoms with E-state index in [0.717, 1.165) is 23.8 Å². The molecule has 0 N–H and O–H groups in total. The monoisotopic (exact) mass is 289 g/mol. The standard InChI is InChI=1S/C15H23N5O/c1-6-11-7-18-13(17-11)12-14(19(8-16-12)9(2)3)20(10(4)5)15(18)21/h8-11H,6-7H2,1-5H3/t11-/m1/s1. The molecule has 0 radical (unpaired) electrons. The highest BCUT2D eigenvalue weighted by molar-refractivity contribution is 6.18. The average molecular weight is 289 g/mol. The Kier molecular flexibility index (Phi) is 3.26. The van der Waals surface area contributed by atoms with Crippen LogP contribution in [0.2, 0.25) is 0 Å². The third kappa shape index (κ3) is 1.96. The van der Waals surface area contributed by atoms with Crippen molar-refractivity contribution in [1.29, 1.82) is 0 Å². The lowest BCUT2D eigenvalue weighted by Gasteiger charge is -2.36. The molecule has 0 bridgehead atoms. The number of aromatic nitrogens is 2. The van der Waals surface area contributed by atoms with Gasteiger partial charge in [-0.1, -0.05) is 6.92 Å². The van der Waals surface area contributed by atoms with Crippen LogP contribution in [0.1, 0.15) is 52.8 Å². The summed E-state index contributed by atoms with van der Waals surface area (Å²) in [5.74, 6) is 1.63. The van der Waals surface area contributed by atoms with Gasteiger partial charge in [0.2, 0.25) is 0 Å². The second-order valence-corrected chi connectivity index (χ2v) is 6.29. The number of imidazole rings is 1. The minimum absolute atomic E-state index is 0.0228. The van der Waals surface area contributed by atoms with E-state index in [-0.39, 0.29) is 24.2 Å². The molecule has 2 aliphatic heterocycles. The largest absolute Gasteiger partial charge is 0.331 e. The van der Waals surface area contributed by atoms with Crippen molar-refractivity contribution in [3.63, 3.8) is 0 Å². The van der Waals surface area contributed by atoms with Gasteiger partial charge < -0.3 is 4.57 Å². The molecule has 0 unspecified atom stereocenters. The molecule has 0 fully saturated rings. The minimum atomic E-state index is 0.0228. The van der Waals surface area contributed by atoms with Gasteiger partial charge in [-0.3, -0.25) is 14.8 Å². The number of aliphatic imine (C=N–C) groups is 1. The van der Waals surface area contributed by atoms with Gasteiger partial charge >= 0.3 is 6.03 Å². The molecule has 2 amide bonds. The molecule has 0 saturated heterocycles. The lowest BCUT2D eigenvalue weighted by molar-refractivity contribution is 0.224. The number of carbonyl (C=O) groups is 1. The number of amides is 2. The van der Waals surface area contributed by atoms with Gasteiger partial charge in [-0.05, 0) is 34.1 Å². The van der Waals surface area contributed by atoms with E-state index >= 15 is 0 Å². The first-order valence-corrected chi connectivity index (χ1v) is 7.71. The smallest absolute Gasteiger partial charge is 0.314 e. The summed E-state index contributed by atoms with van der Waals surface area (Å²) >= 11 is 0. The molecule has 0 saturated carbocycles. The van der Waals surface area contributed by atoms with Crippen LogP contribution in [0.15, 0.2) is 11.3 Å². The van der Waals surface area contributed by atoms with Crippen LogP contribution in [0.25, 0.3) is 0 Å². The van der Waals surface area contributed by atoms with Crippen LogP contribution in [-0.4, -0.2) is 44.9 Å². The quantitative estimate of drug-likeness (QED) is 0.859. The summed E-state index contributed by atoms with van der Waals surface area (Å²) in [7, 11) is 0. The fourth-order valence-corrected chi connectivity index (χ4v) is 2.97. The normalized spacial score (nSPS) is 21.2. The van der Waals surface area contributed by atoms with E-state index in [1.165, 1.54) is 0 Å². The maximum absolute atomic E-state index is 12.9. The zero-order valence-electron chi connectivity index (χ0n) is 13.4. The van der Waals surface area contributed by atoms with E-state index in [0.29, 0.717) is 6.54 Å². The Balaban J connectivity index is 2.18. The van der Waals surface area contributed by atoms with Crippen molar-refractivity contribution in [2.24, 2.45) is 4.99 Å². The molecular weight excluding hydrogens is 266 g/mol. The third-order valence-electron chi connectivity index (χ3n) is 4.14. The van der Waals surface area contributed by atoms with Gasteiger partial charge in [0.1, 0.15) is 11.5 Å². The lowest BCUT2D eigenvalue weighted by atomic mass is 10.2. The average Bonchev–Trinajstić information content (AvgIpc) is 3.01. The molecule has 1 aromatic rings. The maximum atomic E-state index is 12.9. The van der Waals surface area contributed by atoms with E-state index in [9.17, 15) is 4.79 Å². The van der Waals surface area contributed by atoms with Crippen molar-refractivity contribution in [1.82, 2.24) is 14.5 Å². The van der Waals surface area contributed by atoms with E-state index in [4.69, 9.17) is 4.99 Å². The van der Waals surface area contributed by atoms with E-state index in [2.05, 4.69) is 30.3 Å². The molecule has 21 heavy (non-hydrogen) atoms. The van der Waals surface area contributed by atoms with Gasteiger partial charge in [0.25, 0.3) is 0 Å². The van der Waals surface area contributed by atoms with Crippen LogP contribution < -0.4 is 4.90 Å². The molecule has 1 atom stereocenters. The van der Waals surface area contributed by atoms with Gasteiger partial charge in [-0.15, -0.1) is 0 Å². The van der Waals surface area contributed by atoms with Gasteiger partial charge in [-0.25, -0.2) is 9.78 Å². The molecule has 1 aromatic heterocycles. The number of amidine groups is 1. The van der Waals surface area contributed by atoms with Crippen molar-refractivity contribution in [2.75, 3.05) is 11.4 Å². The Bertz CT molecular complexity index is 601. The first kappa shape index (κ1) is 14.1. The summed E-state index contributed by atoms with van der Waals surface area (Å²) in [6.07, 6.45) is 2.76. The summed E-state index contributed by atoms with van der Waals surface area (Å²) in [6.45, 7) is 11.0. The van der Waals surface area contributed by atoms with Crippen LogP contribution >= 0.6 is 0 Å². The Labute approximate surface area is 125 Å². The number of hydrogen-bond donors (Lipinski definition) is 0. The Morgan fingerprint density at radius 2 is 2.00 bits per heavy atom. The topological polar surface area (TPSA) is 53.7 Å². The maximum Gasteiger partial charge on any atom is 0.331 e. The minimum Gasteiger partial charge on any atom is -0.314 e. The van der Waals surface area contributed by atoms with Gasteiger partial charge in [0, 0.05) is 12.1 Å². The number of urea groups is 1. The van der Waals surface area contributed by atoms with E-state index < -0.39 is 0 Å². The molecule has 2 aliphatic rings. The highest BCUT2D eigenvalue weighted by Crippen LogP contribution is 2.34. The molecule has 0 spiro atoms. The second kappa shape index (κ2) is 4.86.